The molecule has 0 saturated carbocycles. The Morgan fingerprint density at radius 3 is 1.69 bits per heavy atom. The molecule has 2 aliphatic heterocycles. The molecule has 2 heterocycles. The summed E-state index contributed by atoms with van der Waals surface area (Å²) in [6.07, 6.45) is 0.140. The van der Waals surface area contributed by atoms with Crippen LogP contribution in [-0.4, -0.2) is 93.6 Å². The third-order valence-electron chi connectivity index (χ3n) is 4.67. The van der Waals surface area contributed by atoms with Crippen LogP contribution in [0.5, 0.6) is 0 Å². The van der Waals surface area contributed by atoms with Crippen LogP contribution in [0.1, 0.15) is 27.7 Å². The largest absolute Gasteiger partial charge is 0.374 e. The first kappa shape index (κ1) is 21.4. The Labute approximate surface area is 158 Å². The second kappa shape index (κ2) is 11.1. The normalized spacial score (nSPS) is 25.6. The summed E-state index contributed by atoms with van der Waals surface area (Å²) < 4.78 is 11.5. The summed E-state index contributed by atoms with van der Waals surface area (Å²) in [5.41, 5.74) is 0. The van der Waals surface area contributed by atoms with Crippen LogP contribution in [0.3, 0.4) is 0 Å². The van der Waals surface area contributed by atoms with E-state index in [9.17, 15) is 4.79 Å². The molecule has 2 amide bonds. The third-order valence-corrected chi connectivity index (χ3v) is 4.67. The molecule has 152 valence electrons. The van der Waals surface area contributed by atoms with Crippen LogP contribution >= 0.6 is 0 Å². The molecule has 0 aliphatic carbocycles. The van der Waals surface area contributed by atoms with Gasteiger partial charge >= 0.3 is 6.03 Å². The van der Waals surface area contributed by atoms with Crippen molar-refractivity contribution in [2.45, 2.75) is 39.9 Å². The summed E-state index contributed by atoms with van der Waals surface area (Å²) in [6.45, 7) is 17.4. The number of urea groups is 1. The first-order valence-corrected chi connectivity index (χ1v) is 10.1. The average Bonchev–Trinajstić information content (AvgIpc) is 2.58. The van der Waals surface area contributed by atoms with Gasteiger partial charge in [0.2, 0.25) is 0 Å². The molecule has 26 heavy (non-hydrogen) atoms. The van der Waals surface area contributed by atoms with Crippen molar-refractivity contribution < 1.29 is 14.3 Å². The molecule has 2 rings (SSSR count). The van der Waals surface area contributed by atoms with E-state index in [4.69, 9.17) is 9.47 Å². The molecular weight excluding hydrogens is 332 g/mol. The summed E-state index contributed by atoms with van der Waals surface area (Å²) in [7, 11) is 0. The van der Waals surface area contributed by atoms with Crippen LogP contribution < -0.4 is 10.6 Å². The molecule has 7 heteroatoms. The van der Waals surface area contributed by atoms with Crippen LogP contribution in [0, 0.1) is 11.8 Å². The molecule has 2 fully saturated rings. The highest BCUT2D eigenvalue weighted by molar-refractivity contribution is 5.73. The zero-order valence-electron chi connectivity index (χ0n) is 17.0. The molecule has 0 aromatic rings. The summed E-state index contributed by atoms with van der Waals surface area (Å²) >= 11 is 0. The molecule has 0 aromatic carbocycles. The number of ether oxygens (including phenoxy) is 2. The Morgan fingerprint density at radius 2 is 1.31 bits per heavy atom. The Balaban J connectivity index is 1.61. The fourth-order valence-electron chi connectivity index (χ4n) is 3.65. The van der Waals surface area contributed by atoms with E-state index < -0.39 is 0 Å². The highest BCUT2D eigenvalue weighted by atomic mass is 16.5. The predicted molar refractivity (Wildman–Crippen MR) is 103 cm³/mol. The summed E-state index contributed by atoms with van der Waals surface area (Å²) in [6, 6.07) is -0.140. The van der Waals surface area contributed by atoms with Crippen LogP contribution in [0.25, 0.3) is 0 Å². The predicted octanol–water partition coefficient (Wildman–Crippen LogP) is 0.999. The number of morpholine rings is 2. The lowest BCUT2D eigenvalue weighted by Crippen LogP contribution is -2.52. The van der Waals surface area contributed by atoms with Gasteiger partial charge in [-0.1, -0.05) is 27.7 Å². The topological polar surface area (TPSA) is 66.1 Å². The van der Waals surface area contributed by atoms with Crippen molar-refractivity contribution in [3.8, 4) is 0 Å². The maximum atomic E-state index is 12.1. The van der Waals surface area contributed by atoms with Gasteiger partial charge in [-0.15, -0.1) is 0 Å². The summed E-state index contributed by atoms with van der Waals surface area (Å²) in [5, 5.41) is 5.88. The SMILES string of the molecule is CC(C)CN1CCO[C@@H](CNC(=O)NC[C@H]2CN(CC(C)C)CCO2)C1. The quantitative estimate of drug-likeness (QED) is 0.667. The molecule has 0 bridgehead atoms. The number of amides is 2. The Bertz CT molecular complexity index is 384. The molecule has 7 nitrogen and oxygen atoms in total. The van der Waals surface area contributed by atoms with E-state index in [1.165, 1.54) is 0 Å². The molecule has 2 atom stereocenters. The van der Waals surface area contributed by atoms with Gasteiger partial charge in [0.05, 0.1) is 25.4 Å². The number of nitrogens with one attached hydrogen (secondary N) is 2. The zero-order valence-corrected chi connectivity index (χ0v) is 17.0. The number of hydrogen-bond donors (Lipinski definition) is 2. The molecule has 0 aromatic heterocycles. The number of carbonyl (C=O) groups is 1. The minimum absolute atomic E-state index is 0.0701. The number of hydrogen-bond acceptors (Lipinski definition) is 5. The second-order valence-electron chi connectivity index (χ2n) is 8.38. The number of rotatable bonds is 8. The lowest BCUT2D eigenvalue weighted by molar-refractivity contribution is -0.0310. The van der Waals surface area contributed by atoms with E-state index in [1.54, 1.807) is 0 Å². The number of carbonyl (C=O) groups excluding carboxylic acids is 1. The van der Waals surface area contributed by atoms with Gasteiger partial charge in [0.1, 0.15) is 0 Å². The van der Waals surface area contributed by atoms with Crippen molar-refractivity contribution >= 4 is 6.03 Å². The summed E-state index contributed by atoms with van der Waals surface area (Å²) in [4.78, 5) is 16.9. The molecule has 2 aliphatic rings. The minimum Gasteiger partial charge on any atom is -0.374 e. The van der Waals surface area contributed by atoms with E-state index in [-0.39, 0.29) is 18.2 Å². The lowest BCUT2D eigenvalue weighted by Gasteiger charge is -2.34. The standard InChI is InChI=1S/C19H38N4O3/c1-15(2)11-22-5-7-25-17(13-22)9-20-19(24)21-10-18-14-23(6-8-26-18)12-16(3)4/h15-18H,5-14H2,1-4H3,(H2,20,21,24)/t17-,18-/m0/s1. The molecule has 0 radical (unpaired) electrons. The Morgan fingerprint density at radius 1 is 0.885 bits per heavy atom. The smallest absolute Gasteiger partial charge is 0.314 e. The first-order valence-electron chi connectivity index (χ1n) is 10.1. The Kier molecular flexibility index (Phi) is 9.11. The van der Waals surface area contributed by atoms with Crippen molar-refractivity contribution in [3.63, 3.8) is 0 Å². The van der Waals surface area contributed by atoms with Crippen molar-refractivity contribution in [2.24, 2.45) is 11.8 Å². The summed E-state index contributed by atoms with van der Waals surface area (Å²) in [5.74, 6) is 1.30. The zero-order chi connectivity index (χ0) is 18.9. The second-order valence-corrected chi connectivity index (χ2v) is 8.38. The van der Waals surface area contributed by atoms with Crippen molar-refractivity contribution in [2.75, 3.05) is 65.6 Å². The van der Waals surface area contributed by atoms with Gasteiger partial charge in [-0.25, -0.2) is 4.79 Å². The third kappa shape index (κ3) is 8.20. The molecule has 0 spiro atoms. The van der Waals surface area contributed by atoms with Gasteiger partial charge in [-0.05, 0) is 11.8 Å². The maximum absolute atomic E-state index is 12.1. The van der Waals surface area contributed by atoms with E-state index in [2.05, 4.69) is 48.1 Å². The van der Waals surface area contributed by atoms with Crippen molar-refractivity contribution in [3.05, 3.63) is 0 Å². The molecule has 0 unspecified atom stereocenters. The highest BCUT2D eigenvalue weighted by Crippen LogP contribution is 2.08. The van der Waals surface area contributed by atoms with Crippen LogP contribution in [0.4, 0.5) is 4.79 Å². The van der Waals surface area contributed by atoms with Crippen molar-refractivity contribution in [1.29, 1.82) is 0 Å². The van der Waals surface area contributed by atoms with E-state index in [1.807, 2.05) is 0 Å². The van der Waals surface area contributed by atoms with E-state index in [0.717, 1.165) is 52.5 Å². The highest BCUT2D eigenvalue weighted by Gasteiger charge is 2.23. The van der Waals surface area contributed by atoms with Gasteiger partial charge in [-0.3, -0.25) is 9.80 Å². The first-order chi connectivity index (χ1) is 12.4. The molecule has 2 N–H and O–H groups in total. The maximum Gasteiger partial charge on any atom is 0.314 e. The minimum atomic E-state index is -0.140. The van der Waals surface area contributed by atoms with Gasteiger partial charge in [0.25, 0.3) is 0 Å². The van der Waals surface area contributed by atoms with Crippen LogP contribution in [-0.2, 0) is 9.47 Å². The average molecular weight is 371 g/mol. The van der Waals surface area contributed by atoms with Gasteiger partial charge in [0, 0.05) is 52.4 Å². The van der Waals surface area contributed by atoms with Crippen LogP contribution in [0.2, 0.25) is 0 Å². The van der Waals surface area contributed by atoms with E-state index >= 15 is 0 Å². The van der Waals surface area contributed by atoms with E-state index in [0.29, 0.717) is 24.9 Å². The fourth-order valence-corrected chi connectivity index (χ4v) is 3.65. The van der Waals surface area contributed by atoms with Gasteiger partial charge in [-0.2, -0.15) is 0 Å². The number of nitrogens with zero attached hydrogens (tertiary/aromatic N) is 2. The Hall–Kier alpha value is -0.890. The van der Waals surface area contributed by atoms with Gasteiger partial charge < -0.3 is 20.1 Å². The lowest BCUT2D eigenvalue weighted by atomic mass is 10.2. The molecule has 2 saturated heterocycles. The van der Waals surface area contributed by atoms with Crippen molar-refractivity contribution in [1.82, 2.24) is 20.4 Å². The molecular formula is C19H38N4O3. The fraction of sp³-hybridized carbons (Fsp3) is 0.947. The monoisotopic (exact) mass is 370 g/mol. The van der Waals surface area contributed by atoms with Crippen LogP contribution in [0.15, 0.2) is 0 Å². The van der Waals surface area contributed by atoms with Gasteiger partial charge in [0.15, 0.2) is 0 Å².